The molecule has 2 N–H and O–H groups in total. The zero-order chi connectivity index (χ0) is 17.4. The van der Waals surface area contributed by atoms with E-state index in [-0.39, 0.29) is 11.4 Å². The van der Waals surface area contributed by atoms with Gasteiger partial charge in [0.1, 0.15) is 17.1 Å². The molecule has 0 atom stereocenters. The van der Waals surface area contributed by atoms with Crippen LogP contribution in [0.1, 0.15) is 21.9 Å². The maximum atomic E-state index is 12.1. The summed E-state index contributed by atoms with van der Waals surface area (Å²) in [6.07, 6.45) is 1.86. The second-order valence-electron chi connectivity index (χ2n) is 5.48. The Morgan fingerprint density at radius 1 is 1.33 bits per heavy atom. The average molecular weight is 331 g/mol. The van der Waals surface area contributed by atoms with Crippen molar-refractivity contribution in [2.75, 3.05) is 6.54 Å². The third kappa shape index (κ3) is 2.53. The molecule has 0 saturated carbocycles. The second kappa shape index (κ2) is 5.84. The van der Waals surface area contributed by atoms with Gasteiger partial charge >= 0.3 is 5.69 Å². The Morgan fingerprint density at radius 3 is 2.75 bits per heavy atom. The molecule has 0 saturated heterocycles. The number of amides is 1. The Kier molecular flexibility index (Phi) is 3.84. The number of H-pyrrole nitrogens is 1. The van der Waals surface area contributed by atoms with Crippen LogP contribution in [0.15, 0.2) is 26.3 Å². The van der Waals surface area contributed by atoms with Crippen molar-refractivity contribution in [3.63, 3.8) is 0 Å². The van der Waals surface area contributed by atoms with Gasteiger partial charge in [-0.3, -0.25) is 18.7 Å². The molecule has 0 bridgehead atoms. The summed E-state index contributed by atoms with van der Waals surface area (Å²) < 4.78 is 7.42. The molecule has 126 valence electrons. The Morgan fingerprint density at radius 2 is 2.08 bits per heavy atom. The van der Waals surface area contributed by atoms with E-state index in [0.29, 0.717) is 35.8 Å². The molecule has 24 heavy (non-hydrogen) atoms. The van der Waals surface area contributed by atoms with Crippen molar-refractivity contribution in [2.24, 2.45) is 14.1 Å². The molecule has 1 amide bonds. The molecule has 0 aliphatic carbocycles. The van der Waals surface area contributed by atoms with Crippen molar-refractivity contribution < 1.29 is 9.21 Å². The van der Waals surface area contributed by atoms with Gasteiger partial charge in [0.25, 0.3) is 11.5 Å². The van der Waals surface area contributed by atoms with Crippen LogP contribution in [0.3, 0.4) is 0 Å². The molecule has 0 unspecified atom stereocenters. The highest BCUT2D eigenvalue weighted by atomic mass is 16.3. The lowest BCUT2D eigenvalue weighted by Gasteiger charge is -2.02. The third-order valence-corrected chi connectivity index (χ3v) is 3.89. The molecular weight excluding hydrogens is 314 g/mol. The van der Waals surface area contributed by atoms with Gasteiger partial charge in [-0.2, -0.15) is 0 Å². The van der Waals surface area contributed by atoms with Crippen molar-refractivity contribution in [3.8, 4) is 0 Å². The van der Waals surface area contributed by atoms with Gasteiger partial charge in [-0.05, 0) is 13.0 Å². The average Bonchev–Trinajstić information content (AvgIpc) is 3.17. The number of fused-ring (bicyclic) bond motifs is 1. The molecule has 3 rings (SSSR count). The van der Waals surface area contributed by atoms with Crippen molar-refractivity contribution in [3.05, 3.63) is 50.3 Å². The number of aryl methyl sites for hydroxylation is 2. The van der Waals surface area contributed by atoms with Crippen molar-refractivity contribution in [1.82, 2.24) is 24.4 Å². The SMILES string of the molecule is Cc1occc1C(=O)NCCc1nc2c([nH]1)c(=O)n(C)c(=O)n2C. The Hall–Kier alpha value is -3.10. The van der Waals surface area contributed by atoms with Crippen LogP contribution in [0.4, 0.5) is 0 Å². The minimum absolute atomic E-state index is 0.235. The predicted molar refractivity (Wildman–Crippen MR) is 86.1 cm³/mol. The van der Waals surface area contributed by atoms with Gasteiger partial charge in [-0.25, -0.2) is 9.78 Å². The first-order chi connectivity index (χ1) is 11.4. The zero-order valence-electron chi connectivity index (χ0n) is 13.5. The number of carbonyl (C=O) groups is 1. The van der Waals surface area contributed by atoms with Gasteiger partial charge in [-0.15, -0.1) is 0 Å². The summed E-state index contributed by atoms with van der Waals surface area (Å²) in [5.41, 5.74) is 0.191. The molecule has 0 aromatic carbocycles. The lowest BCUT2D eigenvalue weighted by molar-refractivity contribution is 0.0952. The summed E-state index contributed by atoms with van der Waals surface area (Å²) in [5, 5.41) is 2.76. The molecule has 9 heteroatoms. The largest absolute Gasteiger partial charge is 0.469 e. The number of nitrogens with one attached hydrogen (secondary N) is 2. The smallest absolute Gasteiger partial charge is 0.332 e. The van der Waals surface area contributed by atoms with Crippen molar-refractivity contribution in [1.29, 1.82) is 0 Å². The first kappa shape index (κ1) is 15.8. The van der Waals surface area contributed by atoms with E-state index >= 15 is 0 Å². The number of nitrogens with zero attached hydrogens (tertiary/aromatic N) is 3. The van der Waals surface area contributed by atoms with Crippen LogP contribution >= 0.6 is 0 Å². The Balaban J connectivity index is 1.77. The Labute approximate surface area is 135 Å². The fourth-order valence-corrected chi connectivity index (χ4v) is 2.50. The minimum Gasteiger partial charge on any atom is -0.469 e. The first-order valence-corrected chi connectivity index (χ1v) is 7.37. The predicted octanol–water partition coefficient (Wildman–Crippen LogP) is -0.166. The quantitative estimate of drug-likeness (QED) is 0.689. The van der Waals surface area contributed by atoms with Gasteiger partial charge in [0.2, 0.25) is 0 Å². The van der Waals surface area contributed by atoms with Crippen LogP contribution in [0.25, 0.3) is 11.2 Å². The molecule has 0 radical (unpaired) electrons. The molecule has 0 spiro atoms. The van der Waals surface area contributed by atoms with Crippen LogP contribution < -0.4 is 16.6 Å². The van der Waals surface area contributed by atoms with E-state index in [4.69, 9.17) is 4.42 Å². The normalized spacial score (nSPS) is 11.1. The highest BCUT2D eigenvalue weighted by molar-refractivity contribution is 5.95. The third-order valence-electron chi connectivity index (χ3n) is 3.89. The van der Waals surface area contributed by atoms with Gasteiger partial charge in [0.15, 0.2) is 5.65 Å². The second-order valence-corrected chi connectivity index (χ2v) is 5.48. The maximum Gasteiger partial charge on any atom is 0.332 e. The fourth-order valence-electron chi connectivity index (χ4n) is 2.50. The number of imidazole rings is 1. The molecule has 0 fully saturated rings. The molecule has 3 heterocycles. The van der Waals surface area contributed by atoms with E-state index in [2.05, 4.69) is 15.3 Å². The molecule has 3 aromatic rings. The highest BCUT2D eigenvalue weighted by Gasteiger charge is 2.14. The summed E-state index contributed by atoms with van der Waals surface area (Å²) in [6.45, 7) is 2.04. The van der Waals surface area contributed by atoms with E-state index in [1.807, 2.05) is 0 Å². The zero-order valence-corrected chi connectivity index (χ0v) is 13.5. The van der Waals surface area contributed by atoms with Gasteiger partial charge in [0, 0.05) is 27.1 Å². The van der Waals surface area contributed by atoms with Gasteiger partial charge in [0.05, 0.1) is 11.8 Å². The van der Waals surface area contributed by atoms with Crippen molar-refractivity contribution in [2.45, 2.75) is 13.3 Å². The Bertz CT molecular complexity index is 1040. The van der Waals surface area contributed by atoms with Crippen LogP contribution in [0.2, 0.25) is 0 Å². The summed E-state index contributed by atoms with van der Waals surface area (Å²) in [7, 11) is 2.97. The number of rotatable bonds is 4. The van der Waals surface area contributed by atoms with Crippen LogP contribution in [-0.2, 0) is 20.5 Å². The van der Waals surface area contributed by atoms with E-state index in [9.17, 15) is 14.4 Å². The fraction of sp³-hybridized carbons (Fsp3) is 0.333. The molecule has 3 aromatic heterocycles. The van der Waals surface area contributed by atoms with E-state index in [1.54, 1.807) is 20.0 Å². The topological polar surface area (TPSA) is 115 Å². The maximum absolute atomic E-state index is 12.1. The monoisotopic (exact) mass is 331 g/mol. The lowest BCUT2D eigenvalue weighted by atomic mass is 10.2. The summed E-state index contributed by atoms with van der Waals surface area (Å²) in [6, 6.07) is 1.60. The summed E-state index contributed by atoms with van der Waals surface area (Å²) in [5.74, 6) is 0.836. The van der Waals surface area contributed by atoms with E-state index in [0.717, 1.165) is 4.57 Å². The molecule has 0 aliphatic heterocycles. The minimum atomic E-state index is -0.436. The summed E-state index contributed by atoms with van der Waals surface area (Å²) >= 11 is 0. The van der Waals surface area contributed by atoms with Gasteiger partial charge < -0.3 is 14.7 Å². The molecule has 9 nitrogen and oxygen atoms in total. The van der Waals surface area contributed by atoms with E-state index < -0.39 is 11.2 Å². The first-order valence-electron chi connectivity index (χ1n) is 7.37. The number of hydrogen-bond acceptors (Lipinski definition) is 5. The van der Waals surface area contributed by atoms with Gasteiger partial charge in [-0.1, -0.05) is 0 Å². The molecular formula is C15H17N5O4. The van der Waals surface area contributed by atoms with Crippen molar-refractivity contribution >= 4 is 17.1 Å². The highest BCUT2D eigenvalue weighted by Crippen LogP contribution is 2.08. The number of hydrogen-bond donors (Lipinski definition) is 2. The van der Waals surface area contributed by atoms with E-state index in [1.165, 1.54) is 17.9 Å². The standard InChI is InChI=1S/C15H17N5O4/c1-8-9(5-7-24-8)13(21)16-6-4-10-17-11-12(18-10)19(2)15(23)20(3)14(11)22/h5,7H,4,6H2,1-3H3,(H,16,21)(H,17,18). The van der Waals surface area contributed by atoms with Crippen LogP contribution in [0.5, 0.6) is 0 Å². The number of furan rings is 1. The molecule has 0 aliphatic rings. The number of carbonyl (C=O) groups excluding carboxylic acids is 1. The van der Waals surface area contributed by atoms with Crippen LogP contribution in [-0.4, -0.2) is 31.6 Å². The number of aromatic amines is 1. The lowest BCUT2D eigenvalue weighted by Crippen LogP contribution is -2.36. The van der Waals surface area contributed by atoms with Crippen LogP contribution in [0, 0.1) is 6.92 Å². The number of aromatic nitrogens is 4. The summed E-state index contributed by atoms with van der Waals surface area (Å²) in [4.78, 5) is 43.2.